The Hall–Kier alpha value is -2.25. The van der Waals surface area contributed by atoms with Crippen LogP contribution in [0.4, 0.5) is 0 Å². The van der Waals surface area contributed by atoms with E-state index in [2.05, 4.69) is 104 Å². The molecule has 0 spiro atoms. The Balaban J connectivity index is 1.79. The predicted octanol–water partition coefficient (Wildman–Crippen LogP) is 6.86. The van der Waals surface area contributed by atoms with E-state index >= 15 is 0 Å². The van der Waals surface area contributed by atoms with Gasteiger partial charge in [0.15, 0.2) is 0 Å². The van der Waals surface area contributed by atoms with E-state index < -0.39 is 0 Å². The lowest BCUT2D eigenvalue weighted by Gasteiger charge is -2.38. The Morgan fingerprint density at radius 1 is 0.760 bits per heavy atom. The molecule has 0 nitrogen and oxygen atoms in total. The second-order valence-corrected chi connectivity index (χ2v) is 8.36. The van der Waals surface area contributed by atoms with Gasteiger partial charge in [-0.15, -0.1) is 11.8 Å². The summed E-state index contributed by atoms with van der Waals surface area (Å²) in [7, 11) is 0. The number of thioether (sulfide) groups is 1. The minimum absolute atomic E-state index is 0.0711. The zero-order valence-corrected chi connectivity index (χ0v) is 15.2. The van der Waals surface area contributed by atoms with Crippen molar-refractivity contribution in [3.8, 4) is 0 Å². The highest BCUT2D eigenvalue weighted by Crippen LogP contribution is 2.54. The minimum Gasteiger partial charge on any atom is -0.114 e. The van der Waals surface area contributed by atoms with Crippen LogP contribution in [-0.4, -0.2) is 0 Å². The molecule has 0 N–H and O–H groups in total. The molecule has 3 aromatic rings. The summed E-state index contributed by atoms with van der Waals surface area (Å²) in [6, 6.07) is 32.6. The Bertz CT molecular complexity index is 852. The molecule has 0 aliphatic carbocycles. The molecule has 0 saturated carbocycles. The number of hydrogen-bond acceptors (Lipinski definition) is 1. The van der Waals surface area contributed by atoms with E-state index in [4.69, 9.17) is 0 Å². The van der Waals surface area contributed by atoms with E-state index in [9.17, 15) is 0 Å². The number of hydrogen-bond donors (Lipinski definition) is 0. The fourth-order valence-corrected chi connectivity index (χ4v) is 5.11. The molecule has 1 aliphatic heterocycles. The lowest BCUT2D eigenvalue weighted by molar-refractivity contribution is 0.577. The van der Waals surface area contributed by atoms with E-state index in [1.165, 1.54) is 21.6 Å². The van der Waals surface area contributed by atoms with Gasteiger partial charge in [0.2, 0.25) is 0 Å². The van der Waals surface area contributed by atoms with Gasteiger partial charge in [-0.1, -0.05) is 97.1 Å². The van der Waals surface area contributed by atoms with E-state index in [0.29, 0.717) is 5.92 Å². The Morgan fingerprint density at radius 3 is 1.96 bits per heavy atom. The average molecular weight is 343 g/mol. The molecular weight excluding hydrogens is 320 g/mol. The SMILES string of the molecule is C[C@@]1(c2ccccc2)C[C@H](c2ccccc2)C=C(c2ccccc2)S1. The summed E-state index contributed by atoms with van der Waals surface area (Å²) in [4.78, 5) is 1.38. The molecule has 0 saturated heterocycles. The molecule has 0 radical (unpaired) electrons. The molecule has 0 unspecified atom stereocenters. The highest BCUT2D eigenvalue weighted by atomic mass is 32.2. The summed E-state index contributed by atoms with van der Waals surface area (Å²) in [6.07, 6.45) is 3.57. The van der Waals surface area contributed by atoms with E-state index in [-0.39, 0.29) is 4.75 Å². The van der Waals surface area contributed by atoms with Gasteiger partial charge in [0.1, 0.15) is 0 Å². The molecule has 0 bridgehead atoms. The number of allylic oxidation sites excluding steroid dienone is 1. The highest BCUT2D eigenvalue weighted by Gasteiger charge is 2.36. The van der Waals surface area contributed by atoms with Gasteiger partial charge in [0, 0.05) is 15.6 Å². The van der Waals surface area contributed by atoms with Crippen molar-refractivity contribution in [2.24, 2.45) is 0 Å². The Kier molecular flexibility index (Phi) is 4.50. The van der Waals surface area contributed by atoms with Crippen LogP contribution in [0.2, 0.25) is 0 Å². The molecular formula is C24H22S. The molecule has 1 aliphatic rings. The van der Waals surface area contributed by atoms with Gasteiger partial charge in [-0.3, -0.25) is 0 Å². The Morgan fingerprint density at radius 2 is 1.32 bits per heavy atom. The maximum atomic E-state index is 2.46. The molecule has 4 rings (SSSR count). The monoisotopic (exact) mass is 342 g/mol. The van der Waals surface area contributed by atoms with Crippen molar-refractivity contribution in [3.63, 3.8) is 0 Å². The van der Waals surface area contributed by atoms with Crippen molar-refractivity contribution in [1.82, 2.24) is 0 Å². The van der Waals surface area contributed by atoms with E-state index in [1.807, 2.05) is 11.8 Å². The third kappa shape index (κ3) is 3.43. The fourth-order valence-electron chi connectivity index (χ4n) is 3.62. The largest absolute Gasteiger partial charge is 0.114 e. The average Bonchev–Trinajstić information content (AvgIpc) is 2.70. The molecule has 3 aromatic carbocycles. The minimum atomic E-state index is 0.0711. The summed E-state index contributed by atoms with van der Waals surface area (Å²) >= 11 is 2.00. The first kappa shape index (κ1) is 16.2. The molecule has 1 heteroatoms. The van der Waals surface area contributed by atoms with Crippen LogP contribution in [0, 0.1) is 0 Å². The van der Waals surface area contributed by atoms with Crippen molar-refractivity contribution >= 4 is 16.7 Å². The van der Waals surface area contributed by atoms with Crippen LogP contribution < -0.4 is 0 Å². The number of benzene rings is 3. The molecule has 0 amide bonds. The first-order valence-corrected chi connectivity index (χ1v) is 9.63. The maximum Gasteiger partial charge on any atom is 0.0436 e. The van der Waals surface area contributed by atoms with Crippen LogP contribution >= 0.6 is 11.8 Å². The molecule has 2 atom stereocenters. The third-order valence-electron chi connectivity index (χ3n) is 4.97. The molecule has 0 aromatic heterocycles. The summed E-state index contributed by atoms with van der Waals surface area (Å²) in [5.41, 5.74) is 4.12. The molecule has 124 valence electrons. The smallest absolute Gasteiger partial charge is 0.0436 e. The quantitative estimate of drug-likeness (QED) is 0.501. The number of rotatable bonds is 3. The van der Waals surface area contributed by atoms with Crippen molar-refractivity contribution in [2.45, 2.75) is 24.0 Å². The summed E-state index contributed by atoms with van der Waals surface area (Å²) < 4.78 is 0.0711. The van der Waals surface area contributed by atoms with Crippen LogP contribution in [0.3, 0.4) is 0 Å². The van der Waals surface area contributed by atoms with Gasteiger partial charge in [-0.05, 0) is 30.0 Å². The standard InChI is InChI=1S/C24H22S/c1-24(22-15-9-4-10-16-22)18-21(19-11-5-2-6-12-19)17-23(25-24)20-13-7-3-8-14-20/h2-17,21H,18H2,1H3/t21-,24+/m1/s1. The first-order valence-electron chi connectivity index (χ1n) is 8.81. The van der Waals surface area contributed by atoms with Crippen LogP contribution in [0.15, 0.2) is 97.1 Å². The maximum absolute atomic E-state index is 2.46. The third-order valence-corrected chi connectivity index (χ3v) is 6.41. The van der Waals surface area contributed by atoms with Crippen molar-refractivity contribution in [3.05, 3.63) is 114 Å². The second kappa shape index (κ2) is 6.93. The second-order valence-electron chi connectivity index (χ2n) is 6.82. The van der Waals surface area contributed by atoms with Gasteiger partial charge in [-0.2, -0.15) is 0 Å². The summed E-state index contributed by atoms with van der Waals surface area (Å²) in [5.74, 6) is 0.433. The normalized spacial score (nSPS) is 23.1. The zero-order valence-electron chi connectivity index (χ0n) is 14.4. The van der Waals surface area contributed by atoms with Gasteiger partial charge in [0.25, 0.3) is 0 Å². The topological polar surface area (TPSA) is 0 Å². The first-order chi connectivity index (χ1) is 12.2. The van der Waals surface area contributed by atoms with Crippen molar-refractivity contribution < 1.29 is 0 Å². The zero-order chi connectivity index (χ0) is 17.1. The fraction of sp³-hybridized carbons (Fsp3) is 0.167. The highest BCUT2D eigenvalue weighted by molar-refractivity contribution is 8.09. The van der Waals surface area contributed by atoms with Gasteiger partial charge >= 0.3 is 0 Å². The lowest BCUT2D eigenvalue weighted by atomic mass is 9.84. The van der Waals surface area contributed by atoms with E-state index in [0.717, 1.165) is 6.42 Å². The van der Waals surface area contributed by atoms with Gasteiger partial charge in [-0.25, -0.2) is 0 Å². The van der Waals surface area contributed by atoms with Crippen LogP contribution in [-0.2, 0) is 4.75 Å². The lowest BCUT2D eigenvalue weighted by Crippen LogP contribution is -2.23. The van der Waals surface area contributed by atoms with E-state index in [1.54, 1.807) is 0 Å². The summed E-state index contributed by atoms with van der Waals surface area (Å²) in [5, 5.41) is 0. The van der Waals surface area contributed by atoms with Crippen LogP contribution in [0.5, 0.6) is 0 Å². The van der Waals surface area contributed by atoms with Crippen LogP contribution in [0.1, 0.15) is 36.0 Å². The summed E-state index contributed by atoms with van der Waals surface area (Å²) in [6.45, 7) is 2.39. The van der Waals surface area contributed by atoms with Crippen molar-refractivity contribution in [1.29, 1.82) is 0 Å². The van der Waals surface area contributed by atoms with Gasteiger partial charge in [0.05, 0.1) is 0 Å². The molecule has 1 heterocycles. The Labute approximate surface area is 154 Å². The van der Waals surface area contributed by atoms with Gasteiger partial charge < -0.3 is 0 Å². The molecule has 25 heavy (non-hydrogen) atoms. The van der Waals surface area contributed by atoms with Crippen molar-refractivity contribution in [2.75, 3.05) is 0 Å². The van der Waals surface area contributed by atoms with Crippen LogP contribution in [0.25, 0.3) is 4.91 Å². The molecule has 0 fully saturated rings. The predicted molar refractivity (Wildman–Crippen MR) is 110 cm³/mol.